The molecule has 1 heterocycles. The molecule has 1 aliphatic rings. The molecule has 1 heteroatoms. The van der Waals surface area contributed by atoms with Crippen LogP contribution >= 0.6 is 0 Å². The van der Waals surface area contributed by atoms with Gasteiger partial charge in [-0.25, -0.2) is 0 Å². The highest BCUT2D eigenvalue weighted by Crippen LogP contribution is 2.27. The van der Waals surface area contributed by atoms with E-state index in [1.807, 2.05) is 0 Å². The summed E-state index contributed by atoms with van der Waals surface area (Å²) in [5.74, 6) is 1.83. The van der Waals surface area contributed by atoms with Gasteiger partial charge in [0.2, 0.25) is 0 Å². The lowest BCUT2D eigenvalue weighted by Crippen LogP contribution is -2.33. The second kappa shape index (κ2) is 7.32. The molecule has 16 heavy (non-hydrogen) atoms. The quantitative estimate of drug-likeness (QED) is 0.630. The van der Waals surface area contributed by atoms with Crippen molar-refractivity contribution < 1.29 is 0 Å². The summed E-state index contributed by atoms with van der Waals surface area (Å²) in [6.07, 6.45) is 8.39. The molecule has 0 aromatic heterocycles. The molecule has 0 aromatic rings. The molecule has 1 fully saturated rings. The summed E-state index contributed by atoms with van der Waals surface area (Å²) in [6.45, 7) is 12.2. The fourth-order valence-corrected chi connectivity index (χ4v) is 2.87. The average molecular weight is 225 g/mol. The van der Waals surface area contributed by atoms with Crippen molar-refractivity contribution in [2.75, 3.05) is 13.1 Å². The Morgan fingerprint density at radius 1 is 1.00 bits per heavy atom. The van der Waals surface area contributed by atoms with E-state index in [9.17, 15) is 0 Å². The van der Waals surface area contributed by atoms with E-state index in [0.29, 0.717) is 0 Å². The molecule has 0 spiro atoms. The second-order valence-corrected chi connectivity index (χ2v) is 5.92. The predicted molar refractivity (Wildman–Crippen MR) is 72.7 cm³/mol. The van der Waals surface area contributed by atoms with E-state index in [1.54, 1.807) is 0 Å². The van der Waals surface area contributed by atoms with Gasteiger partial charge in [0.15, 0.2) is 0 Å². The highest BCUT2D eigenvalue weighted by molar-refractivity contribution is 4.78. The first-order chi connectivity index (χ1) is 7.65. The topological polar surface area (TPSA) is 3.24 Å². The highest BCUT2D eigenvalue weighted by atomic mass is 15.1. The van der Waals surface area contributed by atoms with E-state index in [2.05, 4.69) is 32.6 Å². The van der Waals surface area contributed by atoms with E-state index < -0.39 is 0 Å². The molecule has 3 atom stereocenters. The molecule has 1 rings (SSSR count). The van der Waals surface area contributed by atoms with Crippen molar-refractivity contribution >= 4 is 0 Å². The fraction of sp³-hybridized carbons (Fsp3) is 1.00. The van der Waals surface area contributed by atoms with Gasteiger partial charge in [0.05, 0.1) is 0 Å². The lowest BCUT2D eigenvalue weighted by atomic mass is 9.90. The Hall–Kier alpha value is -0.0400. The van der Waals surface area contributed by atoms with Gasteiger partial charge in [0.1, 0.15) is 0 Å². The van der Waals surface area contributed by atoms with Gasteiger partial charge in [0, 0.05) is 6.04 Å². The molecule has 0 radical (unpaired) electrons. The lowest BCUT2D eigenvalue weighted by Gasteiger charge is -2.27. The molecular formula is C15H31N. The number of hydrogen-bond acceptors (Lipinski definition) is 1. The third-order valence-electron chi connectivity index (χ3n) is 4.48. The van der Waals surface area contributed by atoms with Crippen molar-refractivity contribution in [2.24, 2.45) is 11.8 Å². The summed E-state index contributed by atoms with van der Waals surface area (Å²) >= 11 is 0. The third-order valence-corrected chi connectivity index (χ3v) is 4.48. The van der Waals surface area contributed by atoms with Crippen LogP contribution < -0.4 is 0 Å². The molecule has 0 aliphatic carbocycles. The molecule has 1 aliphatic heterocycles. The van der Waals surface area contributed by atoms with Gasteiger partial charge in [-0.2, -0.15) is 0 Å². The van der Waals surface area contributed by atoms with Crippen molar-refractivity contribution in [1.29, 1.82) is 0 Å². The van der Waals surface area contributed by atoms with Gasteiger partial charge in [0.25, 0.3) is 0 Å². The fourth-order valence-electron chi connectivity index (χ4n) is 2.87. The van der Waals surface area contributed by atoms with Crippen LogP contribution in [0.25, 0.3) is 0 Å². The Balaban J connectivity index is 2.29. The maximum Gasteiger partial charge on any atom is 0.00695 e. The van der Waals surface area contributed by atoms with Gasteiger partial charge < -0.3 is 4.90 Å². The second-order valence-electron chi connectivity index (χ2n) is 5.92. The van der Waals surface area contributed by atoms with Gasteiger partial charge in [-0.3, -0.25) is 0 Å². The van der Waals surface area contributed by atoms with Crippen molar-refractivity contribution in [2.45, 2.75) is 72.3 Å². The smallest absolute Gasteiger partial charge is 0.00695 e. The standard InChI is InChI=1S/C15H31N/c1-5-6-7-8-10-16-11-9-13(2)14(3)12-15(16)4/h13-15H,5-12H2,1-4H3. The molecule has 1 saturated heterocycles. The highest BCUT2D eigenvalue weighted by Gasteiger charge is 2.24. The lowest BCUT2D eigenvalue weighted by molar-refractivity contribution is 0.203. The first-order valence-corrected chi connectivity index (χ1v) is 7.39. The molecule has 3 unspecified atom stereocenters. The minimum Gasteiger partial charge on any atom is -0.301 e. The van der Waals surface area contributed by atoms with Crippen LogP contribution in [0.4, 0.5) is 0 Å². The molecule has 1 nitrogen and oxygen atoms in total. The molecule has 0 aromatic carbocycles. The summed E-state index contributed by atoms with van der Waals surface area (Å²) in [5.41, 5.74) is 0. The van der Waals surface area contributed by atoms with Crippen molar-refractivity contribution in [3.63, 3.8) is 0 Å². The van der Waals surface area contributed by atoms with Crippen LogP contribution in [-0.4, -0.2) is 24.0 Å². The average Bonchev–Trinajstić information content (AvgIpc) is 2.37. The minimum atomic E-state index is 0.807. The molecular weight excluding hydrogens is 194 g/mol. The zero-order valence-corrected chi connectivity index (χ0v) is 11.8. The minimum absolute atomic E-state index is 0.807. The number of unbranched alkanes of at least 4 members (excludes halogenated alkanes) is 3. The van der Waals surface area contributed by atoms with Crippen molar-refractivity contribution in [1.82, 2.24) is 4.90 Å². The SMILES string of the molecule is CCCCCCN1CCC(C)C(C)CC1C. The Bertz CT molecular complexity index is 178. The molecule has 0 saturated carbocycles. The molecule has 0 amide bonds. The molecule has 96 valence electrons. The summed E-state index contributed by atoms with van der Waals surface area (Å²) in [5, 5.41) is 0. The van der Waals surface area contributed by atoms with E-state index in [0.717, 1.165) is 17.9 Å². The van der Waals surface area contributed by atoms with E-state index in [-0.39, 0.29) is 0 Å². The van der Waals surface area contributed by atoms with E-state index in [4.69, 9.17) is 0 Å². The van der Waals surface area contributed by atoms with Crippen molar-refractivity contribution in [3.05, 3.63) is 0 Å². The maximum absolute atomic E-state index is 2.73. The van der Waals surface area contributed by atoms with Crippen LogP contribution in [0.15, 0.2) is 0 Å². The summed E-state index contributed by atoms with van der Waals surface area (Å²) < 4.78 is 0. The molecule has 0 bridgehead atoms. The van der Waals surface area contributed by atoms with E-state index >= 15 is 0 Å². The van der Waals surface area contributed by atoms with Gasteiger partial charge in [-0.1, -0.05) is 40.0 Å². The third kappa shape index (κ3) is 4.45. The number of nitrogens with zero attached hydrogens (tertiary/aromatic N) is 1. The number of rotatable bonds is 5. The summed E-state index contributed by atoms with van der Waals surface area (Å²) in [6, 6.07) is 0.807. The van der Waals surface area contributed by atoms with Gasteiger partial charge in [-0.15, -0.1) is 0 Å². The molecule has 0 N–H and O–H groups in total. The van der Waals surface area contributed by atoms with Crippen molar-refractivity contribution in [3.8, 4) is 0 Å². The maximum atomic E-state index is 2.73. The van der Waals surface area contributed by atoms with Crippen LogP contribution in [0.5, 0.6) is 0 Å². The van der Waals surface area contributed by atoms with Crippen LogP contribution in [-0.2, 0) is 0 Å². The van der Waals surface area contributed by atoms with Crippen LogP contribution in [0.1, 0.15) is 66.2 Å². The summed E-state index contributed by atoms with van der Waals surface area (Å²) in [7, 11) is 0. The van der Waals surface area contributed by atoms with Crippen LogP contribution in [0.2, 0.25) is 0 Å². The first kappa shape index (κ1) is 14.0. The monoisotopic (exact) mass is 225 g/mol. The number of hydrogen-bond donors (Lipinski definition) is 0. The zero-order valence-electron chi connectivity index (χ0n) is 11.8. The first-order valence-electron chi connectivity index (χ1n) is 7.39. The van der Waals surface area contributed by atoms with Crippen LogP contribution in [0, 0.1) is 11.8 Å². The zero-order chi connectivity index (χ0) is 12.0. The Labute approximate surface area is 103 Å². The van der Waals surface area contributed by atoms with Gasteiger partial charge >= 0.3 is 0 Å². The van der Waals surface area contributed by atoms with Gasteiger partial charge in [-0.05, 0) is 51.1 Å². The summed E-state index contributed by atoms with van der Waals surface area (Å²) in [4.78, 5) is 2.73. The predicted octanol–water partition coefficient (Wildman–Crippen LogP) is 4.32. The largest absolute Gasteiger partial charge is 0.301 e. The number of likely N-dealkylation sites (tertiary alicyclic amines) is 1. The normalized spacial score (nSPS) is 32.6. The van der Waals surface area contributed by atoms with E-state index in [1.165, 1.54) is 51.6 Å². The van der Waals surface area contributed by atoms with Crippen LogP contribution in [0.3, 0.4) is 0 Å². The Kier molecular flexibility index (Phi) is 6.41. The Morgan fingerprint density at radius 2 is 1.75 bits per heavy atom. The Morgan fingerprint density at radius 3 is 2.44 bits per heavy atom.